The number of nitrogen functional groups attached to an aromatic ring is 1. The first-order valence-corrected chi connectivity index (χ1v) is 4.65. The van der Waals surface area contributed by atoms with E-state index in [1.807, 2.05) is 0 Å². The van der Waals surface area contributed by atoms with Crippen LogP contribution in [0.2, 0.25) is 0 Å². The molecule has 0 saturated heterocycles. The Morgan fingerprint density at radius 1 is 1.47 bits per heavy atom. The van der Waals surface area contributed by atoms with Gasteiger partial charge in [0.1, 0.15) is 5.82 Å². The van der Waals surface area contributed by atoms with Gasteiger partial charge in [0.05, 0.1) is 11.3 Å². The van der Waals surface area contributed by atoms with Gasteiger partial charge < -0.3 is 21.9 Å². The molecule has 0 radical (unpaired) electrons. The molecular formula is C10H9N4O3-. The number of pyridine rings is 1. The summed E-state index contributed by atoms with van der Waals surface area (Å²) in [4.78, 5) is 15.0. The van der Waals surface area contributed by atoms with E-state index < -0.39 is 5.91 Å². The summed E-state index contributed by atoms with van der Waals surface area (Å²) in [5, 5.41) is 20.2. The van der Waals surface area contributed by atoms with Crippen LogP contribution in [0.5, 0.6) is 0 Å². The van der Waals surface area contributed by atoms with Crippen LogP contribution in [-0.4, -0.2) is 16.1 Å². The molecule has 0 spiro atoms. The molecule has 5 N–H and O–H groups in total. The molecule has 17 heavy (non-hydrogen) atoms. The standard InChI is InChI=1S/C10H9N4O3/c11-9-8(10(12)15)7-2-1-6(14(16)17)3-5(7)4-13-9/h1-4,16H,(H2,11,13)(H2,12,15)/q-1. The van der Waals surface area contributed by atoms with Crippen LogP contribution in [0.1, 0.15) is 10.4 Å². The van der Waals surface area contributed by atoms with Crippen molar-refractivity contribution in [3.63, 3.8) is 0 Å². The number of fused-ring (bicyclic) bond motifs is 1. The molecule has 0 aliphatic carbocycles. The molecule has 1 aromatic carbocycles. The van der Waals surface area contributed by atoms with Crippen molar-refractivity contribution in [3.8, 4) is 0 Å². The van der Waals surface area contributed by atoms with Crippen molar-refractivity contribution < 1.29 is 10.0 Å². The minimum Gasteiger partial charge on any atom is -0.733 e. The molecule has 7 heteroatoms. The lowest BCUT2D eigenvalue weighted by atomic mass is 10.1. The number of primary amides is 1. The maximum atomic E-state index is 11.2. The molecule has 1 aromatic heterocycles. The molecule has 0 unspecified atom stereocenters. The zero-order valence-corrected chi connectivity index (χ0v) is 8.62. The number of benzene rings is 1. The SMILES string of the molecule is NC(=O)c1c(N)ncc2cc(N([O-])O)ccc12. The summed E-state index contributed by atoms with van der Waals surface area (Å²) >= 11 is 0. The van der Waals surface area contributed by atoms with Crippen molar-refractivity contribution in [2.45, 2.75) is 0 Å². The molecule has 0 fully saturated rings. The van der Waals surface area contributed by atoms with Gasteiger partial charge in [-0.15, -0.1) is 0 Å². The highest BCUT2D eigenvalue weighted by Gasteiger charge is 2.12. The van der Waals surface area contributed by atoms with Gasteiger partial charge in [-0.3, -0.25) is 10.0 Å². The molecule has 2 aromatic rings. The largest absolute Gasteiger partial charge is 0.733 e. The second-order valence-electron chi connectivity index (χ2n) is 3.43. The van der Waals surface area contributed by atoms with E-state index in [2.05, 4.69) is 4.98 Å². The zero-order valence-electron chi connectivity index (χ0n) is 8.62. The normalized spacial score (nSPS) is 10.5. The van der Waals surface area contributed by atoms with Crippen LogP contribution in [0.15, 0.2) is 24.4 Å². The van der Waals surface area contributed by atoms with E-state index in [4.69, 9.17) is 16.7 Å². The van der Waals surface area contributed by atoms with E-state index in [1.165, 1.54) is 24.4 Å². The Kier molecular flexibility index (Phi) is 2.54. The minimum absolute atomic E-state index is 0.0273. The quantitative estimate of drug-likeness (QED) is 0.651. The van der Waals surface area contributed by atoms with Crippen LogP contribution in [0.4, 0.5) is 11.5 Å². The Hall–Kier alpha value is -2.38. The molecule has 1 heterocycles. The molecule has 0 saturated carbocycles. The van der Waals surface area contributed by atoms with Gasteiger partial charge in [0.15, 0.2) is 0 Å². The van der Waals surface area contributed by atoms with Crippen molar-refractivity contribution in [3.05, 3.63) is 35.2 Å². The predicted octanol–water partition coefficient (Wildman–Crippen LogP) is 0.609. The average molecular weight is 233 g/mol. The van der Waals surface area contributed by atoms with Crippen LogP contribution < -0.4 is 16.7 Å². The van der Waals surface area contributed by atoms with Crippen LogP contribution >= 0.6 is 0 Å². The van der Waals surface area contributed by atoms with Gasteiger partial charge in [-0.25, -0.2) is 4.98 Å². The summed E-state index contributed by atoms with van der Waals surface area (Å²) in [6.07, 6.45) is 1.39. The van der Waals surface area contributed by atoms with E-state index in [9.17, 15) is 10.0 Å². The number of nitrogens with two attached hydrogens (primary N) is 2. The minimum atomic E-state index is -0.698. The van der Waals surface area contributed by atoms with Crippen LogP contribution in [0.3, 0.4) is 0 Å². The van der Waals surface area contributed by atoms with Crippen LogP contribution in [0, 0.1) is 5.21 Å². The number of carbonyl (C=O) groups is 1. The molecule has 0 aliphatic rings. The summed E-state index contributed by atoms with van der Waals surface area (Å²) in [6.45, 7) is 0. The lowest BCUT2D eigenvalue weighted by Gasteiger charge is -2.21. The summed E-state index contributed by atoms with van der Waals surface area (Å²) in [5.41, 5.74) is 10.9. The van der Waals surface area contributed by atoms with Crippen LogP contribution in [0.25, 0.3) is 10.8 Å². The maximum Gasteiger partial charge on any atom is 0.253 e. The van der Waals surface area contributed by atoms with Gasteiger partial charge in [-0.1, -0.05) is 6.07 Å². The van der Waals surface area contributed by atoms with Gasteiger partial charge in [-0.2, -0.15) is 0 Å². The number of nitrogens with zero attached hydrogens (tertiary/aromatic N) is 2. The summed E-state index contributed by atoms with van der Waals surface area (Å²) in [7, 11) is 0. The van der Waals surface area contributed by atoms with Crippen molar-refractivity contribution >= 4 is 28.2 Å². The smallest absolute Gasteiger partial charge is 0.253 e. The van der Waals surface area contributed by atoms with Gasteiger partial charge >= 0.3 is 0 Å². The Morgan fingerprint density at radius 2 is 2.18 bits per heavy atom. The van der Waals surface area contributed by atoms with Gasteiger partial charge in [0.2, 0.25) is 0 Å². The van der Waals surface area contributed by atoms with E-state index in [1.54, 1.807) is 0 Å². The number of anilines is 2. The third-order valence-corrected chi connectivity index (χ3v) is 2.37. The predicted molar refractivity (Wildman–Crippen MR) is 62.3 cm³/mol. The fraction of sp³-hybridized carbons (Fsp3) is 0. The number of hydrogen-bond acceptors (Lipinski definition) is 6. The first-order valence-electron chi connectivity index (χ1n) is 4.65. The van der Waals surface area contributed by atoms with Gasteiger partial charge in [-0.05, 0) is 17.5 Å². The highest BCUT2D eigenvalue weighted by molar-refractivity contribution is 6.10. The van der Waals surface area contributed by atoms with E-state index in [0.717, 1.165) is 0 Å². The Bertz CT molecular complexity index is 597. The van der Waals surface area contributed by atoms with Crippen LogP contribution in [-0.2, 0) is 0 Å². The molecule has 2 rings (SSSR count). The van der Waals surface area contributed by atoms with E-state index in [0.29, 0.717) is 10.8 Å². The third-order valence-electron chi connectivity index (χ3n) is 2.37. The molecule has 0 atom stereocenters. The Morgan fingerprint density at radius 3 is 2.76 bits per heavy atom. The van der Waals surface area contributed by atoms with Crippen molar-refractivity contribution in [1.29, 1.82) is 0 Å². The fourth-order valence-corrected chi connectivity index (χ4v) is 1.60. The Labute approximate surface area is 95.8 Å². The Balaban J connectivity index is 2.75. The topological polar surface area (TPSA) is 129 Å². The van der Waals surface area contributed by atoms with E-state index in [-0.39, 0.29) is 22.3 Å². The number of hydrogen-bond donors (Lipinski definition) is 3. The molecule has 1 amide bonds. The highest BCUT2D eigenvalue weighted by atomic mass is 16.8. The van der Waals surface area contributed by atoms with Crippen molar-refractivity contribution in [2.75, 3.05) is 11.0 Å². The van der Waals surface area contributed by atoms with Crippen molar-refractivity contribution in [2.24, 2.45) is 5.73 Å². The second kappa shape index (κ2) is 3.89. The monoisotopic (exact) mass is 233 g/mol. The summed E-state index contributed by atoms with van der Waals surface area (Å²) < 4.78 is 0. The molecule has 88 valence electrons. The first kappa shape index (κ1) is 11.1. The molecule has 0 bridgehead atoms. The molecular weight excluding hydrogens is 224 g/mol. The number of aromatic nitrogens is 1. The molecule has 7 nitrogen and oxygen atoms in total. The average Bonchev–Trinajstić information content (AvgIpc) is 2.27. The lowest BCUT2D eigenvalue weighted by molar-refractivity contribution is 0.100. The number of carbonyl (C=O) groups excluding carboxylic acids is 1. The third kappa shape index (κ3) is 1.84. The summed E-state index contributed by atoms with van der Waals surface area (Å²) in [6, 6.07) is 4.20. The van der Waals surface area contributed by atoms with E-state index >= 15 is 0 Å². The van der Waals surface area contributed by atoms with Gasteiger partial charge in [0.25, 0.3) is 5.91 Å². The lowest BCUT2D eigenvalue weighted by Crippen LogP contribution is -2.15. The van der Waals surface area contributed by atoms with Gasteiger partial charge in [0, 0.05) is 11.6 Å². The van der Waals surface area contributed by atoms with Crippen molar-refractivity contribution in [1.82, 2.24) is 4.98 Å². The number of rotatable bonds is 2. The maximum absolute atomic E-state index is 11.2. The number of amides is 1. The second-order valence-corrected chi connectivity index (χ2v) is 3.43. The summed E-state index contributed by atoms with van der Waals surface area (Å²) in [5.74, 6) is -0.669. The fourth-order valence-electron chi connectivity index (χ4n) is 1.60. The first-order chi connectivity index (χ1) is 8.00. The highest BCUT2D eigenvalue weighted by Crippen LogP contribution is 2.25. The molecule has 0 aliphatic heterocycles. The zero-order chi connectivity index (χ0) is 12.6.